The Morgan fingerprint density at radius 1 is 1.23 bits per heavy atom. The normalized spacial score (nSPS) is 23.2. The van der Waals surface area contributed by atoms with Crippen molar-refractivity contribution in [2.75, 3.05) is 23.3 Å². The molecule has 0 atom stereocenters. The van der Waals surface area contributed by atoms with Crippen LogP contribution < -0.4 is 10.2 Å². The first kappa shape index (κ1) is 20.1. The zero-order valence-electron chi connectivity index (χ0n) is 16.6. The maximum absolute atomic E-state index is 12.8. The highest BCUT2D eigenvalue weighted by Gasteiger charge is 2.49. The van der Waals surface area contributed by atoms with Crippen LogP contribution in [-0.4, -0.2) is 35.3 Å². The Bertz CT molecular complexity index is 1140. The Morgan fingerprint density at radius 3 is 2.71 bits per heavy atom. The second-order valence-corrected chi connectivity index (χ2v) is 9.65. The molecule has 1 aliphatic heterocycles. The van der Waals surface area contributed by atoms with E-state index < -0.39 is 12.6 Å². The molecule has 5 nitrogen and oxygen atoms in total. The fourth-order valence-electron chi connectivity index (χ4n) is 4.84. The highest BCUT2D eigenvalue weighted by Crippen LogP contribution is 2.50. The van der Waals surface area contributed by atoms with Gasteiger partial charge in [0.05, 0.1) is 23.4 Å². The maximum Gasteiger partial charge on any atom is 0.393 e. The SMILES string of the molecule is N#Cc1ccc(NC2CC3(CCN(c4ncnc5sc(CC(F)(F)F)cc45)C3)C2)cc1. The molecule has 2 aromatic heterocycles. The van der Waals surface area contributed by atoms with Gasteiger partial charge in [0.25, 0.3) is 0 Å². The molecule has 160 valence electrons. The van der Waals surface area contributed by atoms with Gasteiger partial charge >= 0.3 is 6.18 Å². The van der Waals surface area contributed by atoms with Gasteiger partial charge in [-0.1, -0.05) is 0 Å². The highest BCUT2D eigenvalue weighted by atomic mass is 32.1. The monoisotopic (exact) mass is 443 g/mol. The van der Waals surface area contributed by atoms with Crippen molar-refractivity contribution in [3.63, 3.8) is 0 Å². The third-order valence-corrected chi connectivity index (χ3v) is 7.26. The quantitative estimate of drug-likeness (QED) is 0.605. The number of benzene rings is 1. The molecule has 0 bridgehead atoms. The van der Waals surface area contributed by atoms with Crippen LogP contribution in [-0.2, 0) is 6.42 Å². The number of halogens is 3. The minimum atomic E-state index is -4.23. The summed E-state index contributed by atoms with van der Waals surface area (Å²) in [6.45, 7) is 1.70. The Kier molecular flexibility index (Phi) is 4.77. The van der Waals surface area contributed by atoms with E-state index in [1.165, 1.54) is 6.33 Å². The summed E-state index contributed by atoms with van der Waals surface area (Å²) in [6, 6.07) is 11.6. The van der Waals surface area contributed by atoms with E-state index in [1.807, 2.05) is 24.3 Å². The molecule has 1 saturated carbocycles. The summed E-state index contributed by atoms with van der Waals surface area (Å²) in [5, 5.41) is 13.2. The van der Waals surface area contributed by atoms with E-state index in [0.717, 1.165) is 60.6 Å². The van der Waals surface area contributed by atoms with Gasteiger partial charge in [-0.25, -0.2) is 9.97 Å². The molecule has 3 aromatic rings. The van der Waals surface area contributed by atoms with Crippen molar-refractivity contribution in [1.82, 2.24) is 9.97 Å². The Labute approximate surface area is 181 Å². The topological polar surface area (TPSA) is 64.8 Å². The minimum absolute atomic E-state index is 0.215. The van der Waals surface area contributed by atoms with Crippen molar-refractivity contribution in [3.05, 3.63) is 47.1 Å². The molecule has 2 aliphatic rings. The molecule has 1 N–H and O–H groups in total. The van der Waals surface area contributed by atoms with Gasteiger partial charge in [-0.2, -0.15) is 18.4 Å². The molecule has 31 heavy (non-hydrogen) atoms. The minimum Gasteiger partial charge on any atom is -0.382 e. The van der Waals surface area contributed by atoms with Crippen LogP contribution in [0.4, 0.5) is 24.7 Å². The highest BCUT2D eigenvalue weighted by molar-refractivity contribution is 7.18. The van der Waals surface area contributed by atoms with Crippen LogP contribution in [0.5, 0.6) is 0 Å². The fourth-order valence-corrected chi connectivity index (χ4v) is 5.86. The van der Waals surface area contributed by atoms with Crippen LogP contribution in [0.3, 0.4) is 0 Å². The average molecular weight is 443 g/mol. The molecule has 9 heteroatoms. The van der Waals surface area contributed by atoms with E-state index >= 15 is 0 Å². The van der Waals surface area contributed by atoms with Gasteiger partial charge in [0.15, 0.2) is 0 Å². The van der Waals surface area contributed by atoms with Gasteiger partial charge < -0.3 is 10.2 Å². The van der Waals surface area contributed by atoms with Crippen molar-refractivity contribution in [3.8, 4) is 6.07 Å². The molecule has 1 spiro atoms. The number of hydrogen-bond donors (Lipinski definition) is 1. The average Bonchev–Trinajstić information content (AvgIpc) is 3.31. The molecule has 1 aliphatic carbocycles. The summed E-state index contributed by atoms with van der Waals surface area (Å²) in [4.78, 5) is 11.7. The van der Waals surface area contributed by atoms with Gasteiger partial charge in [-0.15, -0.1) is 11.3 Å². The number of alkyl halides is 3. The summed E-state index contributed by atoms with van der Waals surface area (Å²) in [5.41, 5.74) is 1.87. The van der Waals surface area contributed by atoms with E-state index in [0.29, 0.717) is 16.4 Å². The largest absolute Gasteiger partial charge is 0.393 e. The predicted octanol–water partition coefficient (Wildman–Crippen LogP) is 5.14. The molecule has 0 radical (unpaired) electrons. The van der Waals surface area contributed by atoms with Crippen molar-refractivity contribution in [2.24, 2.45) is 5.41 Å². The molecule has 0 amide bonds. The third-order valence-electron chi connectivity index (χ3n) is 6.22. The van der Waals surface area contributed by atoms with Crippen LogP contribution in [0.2, 0.25) is 0 Å². The zero-order valence-corrected chi connectivity index (χ0v) is 17.4. The van der Waals surface area contributed by atoms with Crippen LogP contribution in [0, 0.1) is 16.7 Å². The smallest absolute Gasteiger partial charge is 0.382 e. The van der Waals surface area contributed by atoms with E-state index in [4.69, 9.17) is 5.26 Å². The second-order valence-electron chi connectivity index (χ2n) is 8.53. The molecule has 1 saturated heterocycles. The molecule has 5 rings (SSSR count). The Hall–Kier alpha value is -2.86. The van der Waals surface area contributed by atoms with Crippen molar-refractivity contribution in [1.29, 1.82) is 5.26 Å². The van der Waals surface area contributed by atoms with Crippen molar-refractivity contribution < 1.29 is 13.2 Å². The number of nitrogens with zero attached hydrogens (tertiary/aromatic N) is 4. The first-order chi connectivity index (χ1) is 14.8. The Balaban J connectivity index is 1.26. The number of anilines is 2. The number of nitrogens with one attached hydrogen (secondary N) is 1. The number of rotatable bonds is 4. The van der Waals surface area contributed by atoms with Crippen molar-refractivity contribution in [2.45, 2.75) is 37.9 Å². The number of hydrogen-bond acceptors (Lipinski definition) is 6. The second kappa shape index (κ2) is 7.38. The van der Waals surface area contributed by atoms with E-state index in [1.54, 1.807) is 6.07 Å². The first-order valence-corrected chi connectivity index (χ1v) is 11.0. The summed E-state index contributed by atoms with van der Waals surface area (Å²) in [5.74, 6) is 0.745. The lowest BCUT2D eigenvalue weighted by Gasteiger charge is -2.46. The van der Waals surface area contributed by atoms with Gasteiger partial charge in [0.1, 0.15) is 17.0 Å². The van der Waals surface area contributed by atoms with Gasteiger partial charge in [0.2, 0.25) is 0 Å². The van der Waals surface area contributed by atoms with Crippen molar-refractivity contribution >= 4 is 33.1 Å². The molecule has 1 aromatic carbocycles. The van der Waals surface area contributed by atoms with Gasteiger partial charge in [-0.05, 0) is 55.0 Å². The first-order valence-electron chi connectivity index (χ1n) is 10.1. The van der Waals surface area contributed by atoms with Crippen LogP contribution in [0.15, 0.2) is 36.7 Å². The Morgan fingerprint density at radius 2 is 2.00 bits per heavy atom. The van der Waals surface area contributed by atoms with E-state index in [2.05, 4.69) is 26.3 Å². The molecular weight excluding hydrogens is 423 g/mol. The van der Waals surface area contributed by atoms with Gasteiger partial charge in [0, 0.05) is 29.7 Å². The number of thiophene rings is 1. The molecule has 3 heterocycles. The fraction of sp³-hybridized carbons (Fsp3) is 0.409. The number of nitriles is 1. The molecule has 2 fully saturated rings. The number of aromatic nitrogens is 2. The summed E-state index contributed by atoms with van der Waals surface area (Å²) >= 11 is 1.09. The maximum atomic E-state index is 12.8. The van der Waals surface area contributed by atoms with Crippen LogP contribution in [0.25, 0.3) is 10.2 Å². The predicted molar refractivity (Wildman–Crippen MR) is 114 cm³/mol. The molecular formula is C22H20F3N5S. The summed E-state index contributed by atoms with van der Waals surface area (Å²) in [6.07, 6.45) is -0.577. The van der Waals surface area contributed by atoms with E-state index in [-0.39, 0.29) is 10.3 Å². The van der Waals surface area contributed by atoms with Crippen LogP contribution >= 0.6 is 11.3 Å². The summed E-state index contributed by atoms with van der Waals surface area (Å²) in [7, 11) is 0. The van der Waals surface area contributed by atoms with E-state index in [9.17, 15) is 13.2 Å². The lowest BCUT2D eigenvalue weighted by atomic mass is 9.65. The molecule has 0 unspecified atom stereocenters. The standard InChI is InChI=1S/C22H20F3N5S/c23-22(24,25)10-17-7-18-19(27-13-28-20(18)31-17)30-6-5-21(12-30)8-16(9-21)29-15-3-1-14(11-26)2-4-15/h1-4,7,13,16,29H,5-6,8-10,12H2. The zero-order chi connectivity index (χ0) is 21.6. The van der Waals surface area contributed by atoms with Crippen LogP contribution in [0.1, 0.15) is 29.7 Å². The number of fused-ring (bicyclic) bond motifs is 1. The third kappa shape index (κ3) is 4.04. The van der Waals surface area contributed by atoms with Gasteiger partial charge in [-0.3, -0.25) is 0 Å². The lowest BCUT2D eigenvalue weighted by molar-refractivity contribution is -0.126. The summed E-state index contributed by atoms with van der Waals surface area (Å²) < 4.78 is 38.4. The lowest BCUT2D eigenvalue weighted by Crippen LogP contribution is -2.46.